The summed E-state index contributed by atoms with van der Waals surface area (Å²) >= 11 is 0. The van der Waals surface area contributed by atoms with Crippen LogP contribution in [-0.2, 0) is 0 Å². The molecule has 0 aliphatic carbocycles. The first-order chi connectivity index (χ1) is 8.24. The summed E-state index contributed by atoms with van der Waals surface area (Å²) in [5.41, 5.74) is 5.49. The molecule has 2 unspecified atom stereocenters. The minimum Gasteiger partial charge on any atom is -0.330 e. The van der Waals surface area contributed by atoms with Crippen molar-refractivity contribution in [3.05, 3.63) is 0 Å². The first kappa shape index (κ1) is 22.1. The summed E-state index contributed by atoms with van der Waals surface area (Å²) in [6.07, 6.45) is 5.02. The lowest BCUT2D eigenvalue weighted by Crippen LogP contribution is -2.32. The van der Waals surface area contributed by atoms with Gasteiger partial charge in [-0.2, -0.15) is 0 Å². The van der Waals surface area contributed by atoms with Crippen molar-refractivity contribution in [2.75, 3.05) is 13.1 Å². The quantitative estimate of drug-likeness (QED) is 0.674. The van der Waals surface area contributed by atoms with Crippen LogP contribution < -0.4 is 11.1 Å². The summed E-state index contributed by atoms with van der Waals surface area (Å²) < 4.78 is 0. The van der Waals surface area contributed by atoms with E-state index in [-0.39, 0.29) is 0 Å². The molecule has 0 radical (unpaired) electrons. The van der Waals surface area contributed by atoms with Gasteiger partial charge in [-0.15, -0.1) is 0 Å². The van der Waals surface area contributed by atoms with E-state index in [2.05, 4.69) is 26.1 Å². The molecule has 0 spiro atoms. The Bertz CT molecular complexity index is 105. The second-order valence-corrected chi connectivity index (χ2v) is 3.95. The van der Waals surface area contributed by atoms with Gasteiger partial charge >= 0.3 is 0 Å². The third-order valence-corrected chi connectivity index (χ3v) is 2.63. The van der Waals surface area contributed by atoms with Gasteiger partial charge in [0.2, 0.25) is 0 Å². The van der Waals surface area contributed by atoms with E-state index in [4.69, 9.17) is 5.73 Å². The molecule has 108 valence electrons. The molecule has 0 aromatic heterocycles. The fourth-order valence-corrected chi connectivity index (χ4v) is 1.58. The molecule has 2 atom stereocenters. The second-order valence-electron chi connectivity index (χ2n) is 3.95. The molecule has 0 aliphatic heterocycles. The molecule has 2 heteroatoms. The Morgan fingerprint density at radius 3 is 1.88 bits per heavy atom. The summed E-state index contributed by atoms with van der Waals surface area (Å²) in [5.74, 6) is 0.852. The fourth-order valence-electron chi connectivity index (χ4n) is 1.58. The lowest BCUT2D eigenvalue weighted by molar-refractivity contribution is 0.395. The van der Waals surface area contributed by atoms with Crippen molar-refractivity contribution in [2.45, 2.75) is 80.2 Å². The van der Waals surface area contributed by atoms with Crippen LogP contribution in [0, 0.1) is 5.92 Å². The largest absolute Gasteiger partial charge is 0.330 e. The Kier molecular flexibility index (Phi) is 27.6. The molecule has 0 bridgehead atoms. The normalized spacial score (nSPS) is 12.7. The van der Waals surface area contributed by atoms with Crippen molar-refractivity contribution in [2.24, 2.45) is 11.7 Å². The Morgan fingerprint density at radius 1 is 1.00 bits per heavy atom. The molecule has 0 aliphatic rings. The topological polar surface area (TPSA) is 38.0 Å². The molecule has 0 rings (SSSR count). The van der Waals surface area contributed by atoms with E-state index >= 15 is 0 Å². The molecule has 0 saturated carbocycles. The van der Waals surface area contributed by atoms with Gasteiger partial charge in [-0.1, -0.05) is 54.4 Å². The van der Waals surface area contributed by atoms with Crippen LogP contribution in [0.2, 0.25) is 0 Å². The van der Waals surface area contributed by atoms with Crippen LogP contribution in [0.3, 0.4) is 0 Å². The van der Waals surface area contributed by atoms with Gasteiger partial charge in [0.05, 0.1) is 0 Å². The standard InChI is InChI=1S/C11H26N2.2C2H6/c1-4-6-11(5-2)9-13-10(3)7-8-12;2*1-2/h10-11,13H,4-9,12H2,1-3H3;2*1-2H3. The molecule has 0 heterocycles. The molecular formula is C15H38N2. The van der Waals surface area contributed by atoms with Gasteiger partial charge in [-0.3, -0.25) is 0 Å². The third kappa shape index (κ3) is 18.5. The molecular weight excluding hydrogens is 208 g/mol. The van der Waals surface area contributed by atoms with Gasteiger partial charge in [0.15, 0.2) is 0 Å². The van der Waals surface area contributed by atoms with E-state index in [1.807, 2.05) is 27.7 Å². The minimum absolute atomic E-state index is 0.580. The number of hydrogen-bond donors (Lipinski definition) is 2. The lowest BCUT2D eigenvalue weighted by Gasteiger charge is -2.18. The predicted molar refractivity (Wildman–Crippen MR) is 82.5 cm³/mol. The van der Waals surface area contributed by atoms with Crippen LogP contribution in [0.1, 0.15) is 74.1 Å². The number of hydrogen-bond acceptors (Lipinski definition) is 2. The highest BCUT2D eigenvalue weighted by Crippen LogP contribution is 2.09. The van der Waals surface area contributed by atoms with E-state index in [1.54, 1.807) is 0 Å². The minimum atomic E-state index is 0.580. The summed E-state index contributed by atoms with van der Waals surface area (Å²) in [6, 6.07) is 0.580. The highest BCUT2D eigenvalue weighted by molar-refractivity contribution is 4.65. The maximum Gasteiger partial charge on any atom is 0.00508 e. The van der Waals surface area contributed by atoms with Crippen molar-refractivity contribution in [1.29, 1.82) is 0 Å². The van der Waals surface area contributed by atoms with Crippen LogP contribution in [0.5, 0.6) is 0 Å². The zero-order chi connectivity index (χ0) is 14.1. The van der Waals surface area contributed by atoms with Gasteiger partial charge in [0.25, 0.3) is 0 Å². The fraction of sp³-hybridized carbons (Fsp3) is 1.00. The van der Waals surface area contributed by atoms with Crippen LogP contribution >= 0.6 is 0 Å². The smallest absolute Gasteiger partial charge is 0.00508 e. The molecule has 17 heavy (non-hydrogen) atoms. The number of rotatable bonds is 8. The molecule has 0 aromatic carbocycles. The zero-order valence-electron chi connectivity index (χ0n) is 13.5. The Labute approximate surface area is 111 Å². The van der Waals surface area contributed by atoms with Crippen LogP contribution in [0.4, 0.5) is 0 Å². The highest BCUT2D eigenvalue weighted by Gasteiger charge is 2.06. The molecule has 0 saturated heterocycles. The Hall–Kier alpha value is -0.0800. The molecule has 3 N–H and O–H groups in total. The monoisotopic (exact) mass is 246 g/mol. The Balaban J connectivity index is -0.000000439. The summed E-state index contributed by atoms with van der Waals surface area (Å²) in [6.45, 7) is 16.7. The highest BCUT2D eigenvalue weighted by atomic mass is 14.9. The molecule has 2 nitrogen and oxygen atoms in total. The van der Waals surface area contributed by atoms with Gasteiger partial charge in [0, 0.05) is 6.04 Å². The van der Waals surface area contributed by atoms with E-state index < -0.39 is 0 Å². The van der Waals surface area contributed by atoms with Gasteiger partial charge in [-0.25, -0.2) is 0 Å². The van der Waals surface area contributed by atoms with Crippen LogP contribution in [0.15, 0.2) is 0 Å². The van der Waals surface area contributed by atoms with Gasteiger partial charge in [0.1, 0.15) is 0 Å². The van der Waals surface area contributed by atoms with Crippen LogP contribution in [-0.4, -0.2) is 19.1 Å². The van der Waals surface area contributed by atoms with Crippen molar-refractivity contribution >= 4 is 0 Å². The summed E-state index contributed by atoms with van der Waals surface area (Å²) in [4.78, 5) is 0. The van der Waals surface area contributed by atoms with Crippen molar-refractivity contribution in [3.8, 4) is 0 Å². The maximum atomic E-state index is 5.49. The summed E-state index contributed by atoms with van der Waals surface area (Å²) in [5, 5.41) is 3.54. The van der Waals surface area contributed by atoms with E-state index in [0.717, 1.165) is 25.4 Å². The zero-order valence-corrected chi connectivity index (χ0v) is 13.5. The molecule has 0 amide bonds. The van der Waals surface area contributed by atoms with Gasteiger partial charge < -0.3 is 11.1 Å². The average molecular weight is 246 g/mol. The van der Waals surface area contributed by atoms with E-state index in [0.29, 0.717) is 6.04 Å². The van der Waals surface area contributed by atoms with Crippen molar-refractivity contribution < 1.29 is 0 Å². The third-order valence-electron chi connectivity index (χ3n) is 2.63. The lowest BCUT2D eigenvalue weighted by atomic mass is 10.0. The first-order valence-electron chi connectivity index (χ1n) is 7.68. The van der Waals surface area contributed by atoms with Crippen molar-refractivity contribution in [1.82, 2.24) is 5.32 Å². The van der Waals surface area contributed by atoms with E-state index in [9.17, 15) is 0 Å². The molecule has 0 aromatic rings. The number of nitrogens with two attached hydrogens (primary N) is 1. The second kappa shape index (κ2) is 21.2. The SMILES string of the molecule is CC.CC.CCCC(CC)CNC(C)CCN. The van der Waals surface area contributed by atoms with Crippen molar-refractivity contribution in [3.63, 3.8) is 0 Å². The van der Waals surface area contributed by atoms with Gasteiger partial charge in [-0.05, 0) is 38.8 Å². The average Bonchev–Trinajstić information content (AvgIpc) is 2.39. The predicted octanol–water partition coefficient (Wildman–Crippen LogP) is 4.19. The summed E-state index contributed by atoms with van der Waals surface area (Å²) in [7, 11) is 0. The van der Waals surface area contributed by atoms with E-state index in [1.165, 1.54) is 19.3 Å². The number of nitrogens with one attached hydrogen (secondary N) is 1. The maximum absolute atomic E-state index is 5.49. The first-order valence-corrected chi connectivity index (χ1v) is 7.68. The molecule has 0 fully saturated rings. The van der Waals surface area contributed by atoms with Crippen LogP contribution in [0.25, 0.3) is 0 Å². The Morgan fingerprint density at radius 2 is 1.53 bits per heavy atom.